The number of carbonyl (C=O) groups is 1. The van der Waals surface area contributed by atoms with Gasteiger partial charge in [0.2, 0.25) is 0 Å². The summed E-state index contributed by atoms with van der Waals surface area (Å²) in [7, 11) is 0. The number of aromatic nitrogens is 2. The Bertz CT molecular complexity index is 431. The van der Waals surface area contributed by atoms with Crippen LogP contribution in [0.25, 0.3) is 0 Å². The highest BCUT2D eigenvalue weighted by Gasteiger charge is 2.29. The van der Waals surface area contributed by atoms with Gasteiger partial charge < -0.3 is 15.6 Å². The second-order valence-electron chi connectivity index (χ2n) is 5.85. The highest BCUT2D eigenvalue weighted by molar-refractivity contribution is 5.88. The smallest absolute Gasteiger partial charge is 0.320 e. The number of hydrogen-bond acceptors (Lipinski definition) is 6. The van der Waals surface area contributed by atoms with Crippen molar-refractivity contribution in [2.45, 2.75) is 65.8 Å². The summed E-state index contributed by atoms with van der Waals surface area (Å²) in [4.78, 5) is 16.7. The topological polar surface area (TPSA) is 94.0 Å². The third kappa shape index (κ3) is 5.36. The van der Waals surface area contributed by atoms with Crippen LogP contribution in [0.3, 0.4) is 0 Å². The summed E-state index contributed by atoms with van der Waals surface area (Å²) < 4.78 is 4.74. The Balaban J connectivity index is 2.78. The van der Waals surface area contributed by atoms with Gasteiger partial charge >= 0.3 is 6.01 Å². The van der Waals surface area contributed by atoms with Crippen LogP contribution in [0.1, 0.15) is 59.8 Å². The number of carbonyl (C=O) groups excluding carboxylic acids is 1. The van der Waals surface area contributed by atoms with E-state index in [9.17, 15) is 4.79 Å². The first-order valence-electron chi connectivity index (χ1n) is 7.89. The number of Topliss-reactive ketones (excluding diaryl/α,β-unsaturated/α-hetero) is 1. The van der Waals surface area contributed by atoms with E-state index in [2.05, 4.69) is 29.3 Å². The van der Waals surface area contributed by atoms with Crippen LogP contribution in [0, 0.1) is 11.8 Å². The average molecular weight is 296 g/mol. The van der Waals surface area contributed by atoms with Gasteiger partial charge in [0, 0.05) is 5.92 Å². The number of nitrogen functional groups attached to an aromatic ring is 1. The second kappa shape index (κ2) is 8.64. The zero-order chi connectivity index (χ0) is 15.8. The van der Waals surface area contributed by atoms with Gasteiger partial charge in [-0.3, -0.25) is 4.79 Å². The molecule has 0 aliphatic heterocycles. The van der Waals surface area contributed by atoms with Crippen LogP contribution >= 0.6 is 0 Å². The quantitative estimate of drug-likeness (QED) is 0.688. The average Bonchev–Trinajstić information content (AvgIpc) is 2.85. The number of anilines is 2. The molecule has 1 rings (SSSR count). The molecule has 3 N–H and O–H groups in total. The van der Waals surface area contributed by atoms with Crippen LogP contribution in [-0.2, 0) is 4.79 Å². The zero-order valence-electron chi connectivity index (χ0n) is 13.6. The molecular formula is C15H28N4O2. The van der Waals surface area contributed by atoms with Gasteiger partial charge in [-0.2, -0.15) is 4.98 Å². The molecule has 0 aliphatic carbocycles. The molecule has 1 aromatic heterocycles. The number of ketones is 1. The van der Waals surface area contributed by atoms with Crippen molar-refractivity contribution in [3.05, 3.63) is 0 Å². The summed E-state index contributed by atoms with van der Waals surface area (Å²) in [5.74, 6) is 0.770. The van der Waals surface area contributed by atoms with Crippen molar-refractivity contribution in [3.8, 4) is 0 Å². The lowest BCUT2D eigenvalue weighted by Gasteiger charge is -2.25. The molecule has 0 aliphatic rings. The zero-order valence-corrected chi connectivity index (χ0v) is 13.6. The summed E-state index contributed by atoms with van der Waals surface area (Å²) in [5, 5.41) is 6.78. The van der Waals surface area contributed by atoms with Crippen LogP contribution in [0.2, 0.25) is 0 Å². The fourth-order valence-electron chi connectivity index (χ4n) is 2.48. The SMILES string of the molecule is CCCCC(CCC)C(=O)[C@@H](Nc1noc(N)n1)C(C)C. The lowest BCUT2D eigenvalue weighted by atomic mass is 9.85. The Hall–Kier alpha value is -1.59. The van der Waals surface area contributed by atoms with E-state index in [-0.39, 0.29) is 35.6 Å². The molecule has 21 heavy (non-hydrogen) atoms. The van der Waals surface area contributed by atoms with Crippen molar-refractivity contribution in [1.29, 1.82) is 0 Å². The minimum absolute atomic E-state index is 0.00328. The molecular weight excluding hydrogens is 268 g/mol. The van der Waals surface area contributed by atoms with E-state index >= 15 is 0 Å². The molecule has 6 nitrogen and oxygen atoms in total. The highest BCUT2D eigenvalue weighted by atomic mass is 16.5. The Kier molecular flexibility index (Phi) is 7.19. The summed E-state index contributed by atoms with van der Waals surface area (Å²) in [5.41, 5.74) is 5.41. The molecule has 1 heterocycles. The Morgan fingerprint density at radius 3 is 2.48 bits per heavy atom. The first-order valence-corrected chi connectivity index (χ1v) is 7.89. The van der Waals surface area contributed by atoms with Crippen molar-refractivity contribution in [1.82, 2.24) is 10.1 Å². The van der Waals surface area contributed by atoms with Crippen molar-refractivity contribution >= 4 is 17.7 Å². The Labute approximate surface area is 126 Å². The van der Waals surface area contributed by atoms with Crippen LogP contribution in [0.5, 0.6) is 0 Å². The third-order valence-corrected chi connectivity index (χ3v) is 3.65. The number of rotatable bonds is 10. The van der Waals surface area contributed by atoms with Gasteiger partial charge in [-0.1, -0.05) is 47.0 Å². The van der Waals surface area contributed by atoms with Crippen LogP contribution in [-0.4, -0.2) is 22.0 Å². The van der Waals surface area contributed by atoms with Crippen molar-refractivity contribution < 1.29 is 9.32 Å². The number of nitrogens with zero attached hydrogens (tertiary/aromatic N) is 2. The monoisotopic (exact) mass is 296 g/mol. The molecule has 0 radical (unpaired) electrons. The minimum atomic E-state index is -0.310. The lowest BCUT2D eigenvalue weighted by Crippen LogP contribution is -2.39. The molecule has 120 valence electrons. The van der Waals surface area contributed by atoms with Crippen LogP contribution in [0.4, 0.5) is 12.0 Å². The van der Waals surface area contributed by atoms with Gasteiger partial charge in [-0.25, -0.2) is 0 Å². The van der Waals surface area contributed by atoms with Crippen LogP contribution < -0.4 is 11.1 Å². The van der Waals surface area contributed by atoms with E-state index in [1.807, 2.05) is 13.8 Å². The maximum Gasteiger partial charge on any atom is 0.320 e. The minimum Gasteiger partial charge on any atom is -0.351 e. The first-order chi connectivity index (χ1) is 9.99. The maximum absolute atomic E-state index is 12.8. The number of nitrogens with one attached hydrogen (secondary N) is 1. The fraction of sp³-hybridized carbons (Fsp3) is 0.800. The molecule has 1 unspecified atom stereocenters. The number of unbranched alkanes of at least 4 members (excludes halogenated alkanes) is 1. The van der Waals surface area contributed by atoms with Gasteiger partial charge in [0.1, 0.15) is 0 Å². The van der Waals surface area contributed by atoms with E-state index in [1.165, 1.54) is 0 Å². The van der Waals surface area contributed by atoms with Crippen molar-refractivity contribution in [3.63, 3.8) is 0 Å². The van der Waals surface area contributed by atoms with E-state index in [0.29, 0.717) is 0 Å². The third-order valence-electron chi connectivity index (χ3n) is 3.65. The summed E-state index contributed by atoms with van der Waals surface area (Å²) in [6, 6.07) is -0.307. The van der Waals surface area contributed by atoms with E-state index in [4.69, 9.17) is 10.3 Å². The summed E-state index contributed by atoms with van der Waals surface area (Å²) in [6.45, 7) is 8.29. The van der Waals surface area contributed by atoms with Crippen molar-refractivity contribution in [2.75, 3.05) is 11.1 Å². The van der Waals surface area contributed by atoms with Gasteiger partial charge in [0.25, 0.3) is 5.95 Å². The molecule has 0 spiro atoms. The molecule has 0 aromatic carbocycles. The normalized spacial score (nSPS) is 14.1. The molecule has 2 atom stereocenters. The predicted octanol–water partition coefficient (Wildman–Crippen LogP) is 3.26. The molecule has 6 heteroatoms. The molecule has 0 saturated carbocycles. The Morgan fingerprint density at radius 2 is 2.00 bits per heavy atom. The largest absolute Gasteiger partial charge is 0.351 e. The summed E-state index contributed by atoms with van der Waals surface area (Å²) >= 11 is 0. The molecule has 0 bridgehead atoms. The predicted molar refractivity (Wildman–Crippen MR) is 83.9 cm³/mol. The first kappa shape index (κ1) is 17.5. The van der Waals surface area contributed by atoms with E-state index in [0.717, 1.165) is 32.1 Å². The van der Waals surface area contributed by atoms with Gasteiger partial charge in [0.15, 0.2) is 5.78 Å². The molecule has 0 fully saturated rings. The van der Waals surface area contributed by atoms with E-state index in [1.54, 1.807) is 0 Å². The fourth-order valence-corrected chi connectivity index (χ4v) is 2.48. The Morgan fingerprint density at radius 1 is 1.29 bits per heavy atom. The van der Waals surface area contributed by atoms with Crippen LogP contribution in [0.15, 0.2) is 4.52 Å². The maximum atomic E-state index is 12.8. The number of hydrogen-bond donors (Lipinski definition) is 2. The van der Waals surface area contributed by atoms with Gasteiger partial charge in [-0.15, -0.1) is 0 Å². The number of nitrogens with two attached hydrogens (primary N) is 1. The van der Waals surface area contributed by atoms with Gasteiger partial charge in [0.05, 0.1) is 6.04 Å². The summed E-state index contributed by atoms with van der Waals surface area (Å²) in [6.07, 6.45) is 5.08. The standard InChI is InChI=1S/C15H28N4O2/c1-5-7-9-11(8-6-2)13(20)12(10(3)4)17-15-18-14(16)21-19-15/h10-12H,5-9H2,1-4H3,(H3,16,17,18,19)/t11?,12-/m0/s1. The lowest BCUT2D eigenvalue weighted by molar-refractivity contribution is -0.125. The van der Waals surface area contributed by atoms with E-state index < -0.39 is 0 Å². The van der Waals surface area contributed by atoms with Gasteiger partial charge in [-0.05, 0) is 23.9 Å². The highest BCUT2D eigenvalue weighted by Crippen LogP contribution is 2.22. The second-order valence-corrected chi connectivity index (χ2v) is 5.85. The molecule has 0 amide bonds. The molecule has 1 aromatic rings. The van der Waals surface area contributed by atoms with Crippen molar-refractivity contribution in [2.24, 2.45) is 11.8 Å². The molecule has 0 saturated heterocycles.